The van der Waals surface area contributed by atoms with Gasteiger partial charge < -0.3 is 20.3 Å². The van der Waals surface area contributed by atoms with Crippen LogP contribution in [0.1, 0.15) is 37.7 Å². The molecule has 0 unspecified atom stereocenters. The summed E-state index contributed by atoms with van der Waals surface area (Å²) >= 11 is 0. The molecule has 3 amide bonds. The number of para-hydroxylation sites is 1. The van der Waals surface area contributed by atoms with Crippen LogP contribution >= 0.6 is 0 Å². The van der Waals surface area contributed by atoms with Gasteiger partial charge in [0.1, 0.15) is 11.6 Å². The van der Waals surface area contributed by atoms with Gasteiger partial charge in [-0.25, -0.2) is 0 Å². The lowest BCUT2D eigenvalue weighted by Gasteiger charge is -2.34. The molecule has 1 aliphatic carbocycles. The van der Waals surface area contributed by atoms with Gasteiger partial charge in [0.25, 0.3) is 0 Å². The van der Waals surface area contributed by atoms with Crippen LogP contribution in [-0.4, -0.2) is 51.4 Å². The molecule has 0 radical (unpaired) electrons. The number of ether oxygens (including phenoxy) is 1. The lowest BCUT2D eigenvalue weighted by atomic mass is 9.74. The fourth-order valence-electron chi connectivity index (χ4n) is 6.40. The quantitative estimate of drug-likeness (QED) is 0.612. The molecule has 2 saturated heterocycles. The average Bonchev–Trinajstić information content (AvgIpc) is 3.53. The number of carbonyl (C=O) groups excluding carboxylic acids is 3. The van der Waals surface area contributed by atoms with E-state index in [1.54, 1.807) is 17.3 Å². The summed E-state index contributed by atoms with van der Waals surface area (Å²) in [5.74, 6) is -2.20. The van der Waals surface area contributed by atoms with Crippen LogP contribution in [0.25, 0.3) is 0 Å². The van der Waals surface area contributed by atoms with E-state index in [4.69, 9.17) is 4.74 Å². The van der Waals surface area contributed by atoms with E-state index in [2.05, 4.69) is 15.6 Å². The van der Waals surface area contributed by atoms with Gasteiger partial charge in [0, 0.05) is 30.7 Å². The number of likely N-dealkylation sites (tertiary alicyclic amines) is 1. The molecular weight excluding hydrogens is 456 g/mol. The fraction of sp³-hybridized carbons (Fsp3) is 0.429. The van der Waals surface area contributed by atoms with Gasteiger partial charge >= 0.3 is 0 Å². The molecule has 1 saturated carbocycles. The minimum absolute atomic E-state index is 0.0943. The number of amides is 3. The molecule has 1 aromatic heterocycles. The van der Waals surface area contributed by atoms with Crippen molar-refractivity contribution in [1.29, 1.82) is 0 Å². The molecule has 6 rings (SSSR count). The van der Waals surface area contributed by atoms with Crippen LogP contribution in [-0.2, 0) is 25.7 Å². The zero-order chi connectivity index (χ0) is 24.7. The number of nitrogens with zero attached hydrogens (tertiary/aromatic N) is 2. The molecule has 8 nitrogen and oxygen atoms in total. The van der Waals surface area contributed by atoms with Crippen molar-refractivity contribution in [2.45, 2.75) is 62.4 Å². The van der Waals surface area contributed by atoms with Crippen molar-refractivity contribution in [1.82, 2.24) is 15.2 Å². The molecular formula is C28H30N4O4. The largest absolute Gasteiger partial charge is 0.359 e. The third kappa shape index (κ3) is 3.80. The SMILES string of the molecule is O=C(Nc1ccccc1)[C@@H]1[C@H]2C(=O)N(Cc3cccnc3)[C@H](C(=O)NC3CCCCC3)[C@]23C=C[C@H]1O3. The molecule has 1 spiro atoms. The Morgan fingerprint density at radius 3 is 2.61 bits per heavy atom. The number of aromatic nitrogens is 1. The minimum Gasteiger partial charge on any atom is -0.359 e. The number of anilines is 1. The third-order valence-electron chi connectivity index (χ3n) is 7.99. The van der Waals surface area contributed by atoms with Crippen LogP contribution < -0.4 is 10.6 Å². The maximum Gasteiger partial charge on any atom is 0.246 e. The summed E-state index contributed by atoms with van der Waals surface area (Å²) < 4.78 is 6.41. The molecule has 2 N–H and O–H groups in total. The van der Waals surface area contributed by atoms with Crippen molar-refractivity contribution in [2.75, 3.05) is 5.32 Å². The van der Waals surface area contributed by atoms with Gasteiger partial charge in [-0.1, -0.05) is 55.7 Å². The molecule has 8 heteroatoms. The number of carbonyl (C=O) groups is 3. The molecule has 5 atom stereocenters. The van der Waals surface area contributed by atoms with Crippen molar-refractivity contribution in [3.05, 3.63) is 72.6 Å². The molecule has 186 valence electrons. The summed E-state index contributed by atoms with van der Waals surface area (Å²) in [7, 11) is 0. The van der Waals surface area contributed by atoms with Crippen LogP contribution in [0, 0.1) is 11.8 Å². The summed E-state index contributed by atoms with van der Waals surface area (Å²) in [4.78, 5) is 47.0. The van der Waals surface area contributed by atoms with E-state index in [0.717, 1.165) is 31.2 Å². The fourth-order valence-corrected chi connectivity index (χ4v) is 6.40. The highest BCUT2D eigenvalue weighted by atomic mass is 16.5. The number of benzene rings is 1. The zero-order valence-corrected chi connectivity index (χ0v) is 20.0. The van der Waals surface area contributed by atoms with Crippen molar-refractivity contribution >= 4 is 23.4 Å². The van der Waals surface area contributed by atoms with E-state index in [-0.39, 0.29) is 30.3 Å². The molecule has 4 aliphatic rings. The first kappa shape index (κ1) is 22.9. The Hall–Kier alpha value is -3.52. The van der Waals surface area contributed by atoms with Gasteiger partial charge in [-0.2, -0.15) is 0 Å². The number of fused-ring (bicyclic) bond motifs is 1. The number of rotatable bonds is 6. The Morgan fingerprint density at radius 1 is 1.06 bits per heavy atom. The van der Waals surface area contributed by atoms with E-state index in [1.165, 1.54) is 6.42 Å². The normalized spacial score (nSPS) is 30.9. The molecule has 2 bridgehead atoms. The zero-order valence-electron chi connectivity index (χ0n) is 20.0. The van der Waals surface area contributed by atoms with Gasteiger partial charge in [-0.05, 0) is 36.6 Å². The first-order valence-electron chi connectivity index (χ1n) is 12.8. The lowest BCUT2D eigenvalue weighted by molar-refractivity contribution is -0.142. The second kappa shape index (κ2) is 9.17. The van der Waals surface area contributed by atoms with Crippen LogP contribution in [0.5, 0.6) is 0 Å². The maximum absolute atomic E-state index is 14.0. The average molecular weight is 487 g/mol. The molecule has 1 aromatic carbocycles. The van der Waals surface area contributed by atoms with Crippen molar-refractivity contribution in [2.24, 2.45) is 11.8 Å². The van der Waals surface area contributed by atoms with E-state index in [9.17, 15) is 14.4 Å². The van der Waals surface area contributed by atoms with Gasteiger partial charge in [-0.3, -0.25) is 19.4 Å². The van der Waals surface area contributed by atoms with E-state index >= 15 is 0 Å². The van der Waals surface area contributed by atoms with Crippen molar-refractivity contribution in [3.63, 3.8) is 0 Å². The number of pyridine rings is 1. The number of hydrogen-bond donors (Lipinski definition) is 2. The Labute approximate surface area is 210 Å². The van der Waals surface area contributed by atoms with E-state index in [1.807, 2.05) is 54.6 Å². The van der Waals surface area contributed by atoms with E-state index < -0.39 is 29.6 Å². The first-order chi connectivity index (χ1) is 17.6. The van der Waals surface area contributed by atoms with Gasteiger partial charge in [0.15, 0.2) is 0 Å². The Morgan fingerprint density at radius 2 is 1.86 bits per heavy atom. The topological polar surface area (TPSA) is 101 Å². The summed E-state index contributed by atoms with van der Waals surface area (Å²) in [6, 6.07) is 12.1. The predicted molar refractivity (Wildman–Crippen MR) is 132 cm³/mol. The highest BCUT2D eigenvalue weighted by molar-refractivity contribution is 6.02. The highest BCUT2D eigenvalue weighted by Crippen LogP contribution is 2.55. The smallest absolute Gasteiger partial charge is 0.246 e. The van der Waals surface area contributed by atoms with Crippen LogP contribution in [0.2, 0.25) is 0 Å². The molecule has 2 aromatic rings. The minimum atomic E-state index is -1.17. The predicted octanol–water partition coefficient (Wildman–Crippen LogP) is 2.82. The van der Waals surface area contributed by atoms with Crippen LogP contribution in [0.3, 0.4) is 0 Å². The second-order valence-electron chi connectivity index (χ2n) is 10.2. The lowest BCUT2D eigenvalue weighted by Crippen LogP contribution is -2.56. The summed E-state index contributed by atoms with van der Waals surface area (Å²) in [5, 5.41) is 6.15. The molecule has 36 heavy (non-hydrogen) atoms. The molecule has 4 heterocycles. The standard InChI is InChI=1S/C28H30N4O4/c33-25(30-19-9-3-1-4-10-19)22-21-13-14-28(36-21)23(22)27(35)32(17-18-8-7-15-29-16-18)24(28)26(34)31-20-11-5-2-6-12-20/h1,3-4,7-10,13-16,20-24H,2,5-6,11-12,17H2,(H,30,33)(H,31,34)/t21-,22+,23+,24-,28+/m1/s1. The van der Waals surface area contributed by atoms with Crippen molar-refractivity contribution < 1.29 is 19.1 Å². The molecule has 3 aliphatic heterocycles. The van der Waals surface area contributed by atoms with E-state index in [0.29, 0.717) is 5.69 Å². The number of hydrogen-bond acceptors (Lipinski definition) is 5. The summed E-state index contributed by atoms with van der Waals surface area (Å²) in [6.45, 7) is 0.225. The summed E-state index contributed by atoms with van der Waals surface area (Å²) in [5.41, 5.74) is 0.315. The third-order valence-corrected chi connectivity index (χ3v) is 7.99. The Kier molecular flexibility index (Phi) is 5.84. The maximum atomic E-state index is 14.0. The highest BCUT2D eigenvalue weighted by Gasteiger charge is 2.72. The first-order valence-corrected chi connectivity index (χ1v) is 12.8. The van der Waals surface area contributed by atoms with Gasteiger partial charge in [0.05, 0.1) is 17.9 Å². The van der Waals surface area contributed by atoms with Crippen LogP contribution in [0.15, 0.2) is 67.0 Å². The van der Waals surface area contributed by atoms with Gasteiger partial charge in [-0.15, -0.1) is 0 Å². The second-order valence-corrected chi connectivity index (χ2v) is 10.2. The molecule has 3 fully saturated rings. The van der Waals surface area contributed by atoms with Crippen LogP contribution in [0.4, 0.5) is 5.69 Å². The monoisotopic (exact) mass is 486 g/mol. The summed E-state index contributed by atoms with van der Waals surface area (Å²) in [6.07, 6.45) is 11.7. The number of nitrogens with one attached hydrogen (secondary N) is 2. The Bertz CT molecular complexity index is 1180. The van der Waals surface area contributed by atoms with Gasteiger partial charge in [0.2, 0.25) is 17.7 Å². The Balaban J connectivity index is 1.33. The van der Waals surface area contributed by atoms with Crippen molar-refractivity contribution in [3.8, 4) is 0 Å².